The molecule has 58 heavy (non-hydrogen) atoms. The number of rotatable bonds is 6. The highest BCUT2D eigenvalue weighted by atomic mass is 15.2. The first-order valence-electron chi connectivity index (χ1n) is 21.0. The maximum absolute atomic E-state index is 2.56. The Hall–Kier alpha value is -6.78. The SMILES string of the molecule is C1=CC2c3ccccc3N(c3ccc(N(c4ccc(-n5c6c(c7c5CCC=C7)C=CCC6)cc4)c4ccc(-n5c6c(c7ccccc75)CCC=C6)cc4)cc3)C2C=C1. The van der Waals surface area contributed by atoms with Gasteiger partial charge in [0.1, 0.15) is 0 Å². The van der Waals surface area contributed by atoms with Gasteiger partial charge in [0.25, 0.3) is 0 Å². The highest BCUT2D eigenvalue weighted by Crippen LogP contribution is 2.48. The molecule has 0 fully saturated rings. The molecule has 2 unspecified atom stereocenters. The molecule has 3 heterocycles. The van der Waals surface area contributed by atoms with Gasteiger partial charge in [0.2, 0.25) is 0 Å². The molecule has 0 radical (unpaired) electrons. The third-order valence-corrected chi connectivity index (χ3v) is 13.1. The van der Waals surface area contributed by atoms with Gasteiger partial charge in [0, 0.05) is 79.3 Å². The van der Waals surface area contributed by atoms with Crippen molar-refractivity contribution in [2.45, 2.75) is 50.5 Å². The summed E-state index contributed by atoms with van der Waals surface area (Å²) in [5.74, 6) is 0.358. The molecule has 0 bridgehead atoms. The van der Waals surface area contributed by atoms with Crippen LogP contribution >= 0.6 is 0 Å². The van der Waals surface area contributed by atoms with Crippen LogP contribution in [0.3, 0.4) is 0 Å². The number of aryl methyl sites for hydroxylation is 1. The van der Waals surface area contributed by atoms with Gasteiger partial charge in [-0.1, -0.05) is 91.1 Å². The van der Waals surface area contributed by atoms with Gasteiger partial charge in [-0.25, -0.2) is 0 Å². The summed E-state index contributed by atoms with van der Waals surface area (Å²) in [7, 11) is 0. The molecular formula is C54H44N4. The highest BCUT2D eigenvalue weighted by molar-refractivity contribution is 5.91. The normalized spacial score (nSPS) is 18.2. The van der Waals surface area contributed by atoms with Gasteiger partial charge in [-0.3, -0.25) is 0 Å². The predicted octanol–water partition coefficient (Wildman–Crippen LogP) is 13.5. The monoisotopic (exact) mass is 748 g/mol. The van der Waals surface area contributed by atoms with Gasteiger partial charge in [0.15, 0.2) is 0 Å². The van der Waals surface area contributed by atoms with E-state index in [0.717, 1.165) is 55.6 Å². The van der Waals surface area contributed by atoms with Crippen molar-refractivity contribution in [2.24, 2.45) is 0 Å². The van der Waals surface area contributed by atoms with E-state index in [0.29, 0.717) is 5.92 Å². The van der Waals surface area contributed by atoms with Crippen LogP contribution in [0.25, 0.3) is 40.5 Å². The van der Waals surface area contributed by atoms with E-state index in [9.17, 15) is 0 Å². The number of nitrogens with zero attached hydrogens (tertiary/aromatic N) is 4. The minimum Gasteiger partial charge on any atom is -0.333 e. The van der Waals surface area contributed by atoms with E-state index >= 15 is 0 Å². The number of fused-ring (bicyclic) bond motifs is 9. The van der Waals surface area contributed by atoms with E-state index in [1.54, 1.807) is 0 Å². The molecule has 0 saturated carbocycles. The third kappa shape index (κ3) is 5.14. The van der Waals surface area contributed by atoms with Gasteiger partial charge in [0.05, 0.1) is 11.6 Å². The lowest BCUT2D eigenvalue weighted by Crippen LogP contribution is -2.28. The smallest absolute Gasteiger partial charge is 0.0629 e. The standard InChI is InChI=1S/C54H44N4/c1-7-19-49-43(13-1)44-14-2-8-20-50(44)56(49)40-31-25-37(26-32-40)55(38-27-33-41(34-28-38)57-51-21-9-3-15-45(51)46-16-4-10-22-52(46)57)39-29-35-42(36-30-39)58-53-23-11-5-17-47(53)48-18-6-12-24-54(48)58/h1-5,7-8,11-17,19-20,23-36,43,49H,6,9-10,18,21-22H2. The molecule has 2 aromatic heterocycles. The summed E-state index contributed by atoms with van der Waals surface area (Å²) in [5.41, 5.74) is 19.4. The number of benzene rings is 5. The van der Waals surface area contributed by atoms with Crippen LogP contribution in [-0.4, -0.2) is 15.2 Å². The van der Waals surface area contributed by atoms with Crippen molar-refractivity contribution >= 4 is 57.6 Å². The van der Waals surface area contributed by atoms with Crippen LogP contribution in [0.15, 0.2) is 164 Å². The number of allylic oxidation sites excluding steroid dienone is 5. The van der Waals surface area contributed by atoms with Gasteiger partial charge in [-0.05, 0) is 141 Å². The van der Waals surface area contributed by atoms with Crippen molar-refractivity contribution in [3.05, 3.63) is 203 Å². The fourth-order valence-electron chi connectivity index (χ4n) is 10.5. The van der Waals surface area contributed by atoms with Crippen molar-refractivity contribution in [3.63, 3.8) is 0 Å². The molecule has 5 aliphatic rings. The second kappa shape index (κ2) is 13.4. The van der Waals surface area contributed by atoms with E-state index in [-0.39, 0.29) is 6.04 Å². The fourth-order valence-corrected chi connectivity index (χ4v) is 10.5. The van der Waals surface area contributed by atoms with E-state index in [4.69, 9.17) is 0 Å². The lowest BCUT2D eigenvalue weighted by Gasteiger charge is -2.30. The Morgan fingerprint density at radius 3 is 1.78 bits per heavy atom. The fraction of sp³-hybridized carbons (Fsp3) is 0.148. The second-order valence-electron chi connectivity index (χ2n) is 16.2. The minimum absolute atomic E-state index is 0.269. The number of aromatic nitrogens is 2. The molecule has 4 nitrogen and oxygen atoms in total. The van der Waals surface area contributed by atoms with Crippen LogP contribution in [0.2, 0.25) is 0 Å². The van der Waals surface area contributed by atoms with Gasteiger partial charge >= 0.3 is 0 Å². The minimum atomic E-state index is 0.269. The average molecular weight is 749 g/mol. The predicted molar refractivity (Wildman–Crippen MR) is 243 cm³/mol. The molecule has 4 heteroatoms. The van der Waals surface area contributed by atoms with Crippen LogP contribution in [0, 0.1) is 0 Å². The van der Waals surface area contributed by atoms with E-state index in [1.165, 1.54) is 73.0 Å². The molecule has 4 aliphatic carbocycles. The highest BCUT2D eigenvalue weighted by Gasteiger charge is 2.37. The molecule has 1 aliphatic heterocycles. The number of anilines is 5. The van der Waals surface area contributed by atoms with Crippen molar-refractivity contribution in [3.8, 4) is 11.4 Å². The summed E-state index contributed by atoms with van der Waals surface area (Å²) < 4.78 is 5.00. The quantitative estimate of drug-likeness (QED) is 0.168. The molecule has 0 saturated heterocycles. The van der Waals surface area contributed by atoms with Gasteiger partial charge in [-0.2, -0.15) is 0 Å². The number of para-hydroxylation sites is 2. The molecule has 0 amide bonds. The number of hydrogen-bond acceptors (Lipinski definition) is 2. The zero-order valence-corrected chi connectivity index (χ0v) is 32.5. The molecule has 280 valence electrons. The number of hydrogen-bond donors (Lipinski definition) is 0. The Kier molecular flexibility index (Phi) is 7.72. The molecule has 7 aromatic rings. The zero-order chi connectivity index (χ0) is 38.2. The average Bonchev–Trinajstić information content (AvgIpc) is 3.93. The second-order valence-corrected chi connectivity index (χ2v) is 16.2. The lowest BCUT2D eigenvalue weighted by molar-refractivity contribution is 0.745. The first kappa shape index (κ1) is 33.4. The summed E-state index contributed by atoms with van der Waals surface area (Å²) in [6, 6.07) is 45.7. The van der Waals surface area contributed by atoms with E-state index < -0.39 is 0 Å². The molecule has 2 atom stereocenters. The van der Waals surface area contributed by atoms with Gasteiger partial charge < -0.3 is 18.9 Å². The summed E-state index contributed by atoms with van der Waals surface area (Å²) in [6.45, 7) is 0. The van der Waals surface area contributed by atoms with Crippen molar-refractivity contribution < 1.29 is 0 Å². The summed E-state index contributed by atoms with van der Waals surface area (Å²) >= 11 is 0. The van der Waals surface area contributed by atoms with E-state index in [1.807, 2.05) is 0 Å². The summed E-state index contributed by atoms with van der Waals surface area (Å²) in [6.07, 6.45) is 29.6. The maximum Gasteiger partial charge on any atom is 0.0629 e. The largest absolute Gasteiger partial charge is 0.333 e. The van der Waals surface area contributed by atoms with Crippen LogP contribution < -0.4 is 9.80 Å². The Morgan fingerprint density at radius 1 is 0.500 bits per heavy atom. The van der Waals surface area contributed by atoms with Crippen molar-refractivity contribution in [2.75, 3.05) is 9.80 Å². The first-order valence-corrected chi connectivity index (χ1v) is 21.0. The van der Waals surface area contributed by atoms with Crippen LogP contribution in [-0.2, 0) is 19.3 Å². The molecule has 12 rings (SSSR count). The summed E-state index contributed by atoms with van der Waals surface area (Å²) in [5, 5.41) is 1.36. The van der Waals surface area contributed by atoms with Crippen LogP contribution in [0.1, 0.15) is 64.5 Å². The Morgan fingerprint density at radius 2 is 1.07 bits per heavy atom. The Labute approximate surface area is 340 Å². The summed E-state index contributed by atoms with van der Waals surface area (Å²) in [4.78, 5) is 4.92. The molecule has 0 N–H and O–H groups in total. The Bertz CT molecular complexity index is 2850. The molecule has 5 aromatic carbocycles. The van der Waals surface area contributed by atoms with E-state index in [2.05, 4.69) is 201 Å². The topological polar surface area (TPSA) is 16.3 Å². The van der Waals surface area contributed by atoms with Crippen molar-refractivity contribution in [1.29, 1.82) is 0 Å². The maximum atomic E-state index is 2.56. The molecular weight excluding hydrogens is 705 g/mol. The van der Waals surface area contributed by atoms with Crippen LogP contribution in [0.4, 0.5) is 28.4 Å². The van der Waals surface area contributed by atoms with Crippen LogP contribution in [0.5, 0.6) is 0 Å². The molecule has 0 spiro atoms. The van der Waals surface area contributed by atoms with Crippen molar-refractivity contribution in [1.82, 2.24) is 9.13 Å². The first-order chi connectivity index (χ1) is 28.8. The zero-order valence-electron chi connectivity index (χ0n) is 32.5. The van der Waals surface area contributed by atoms with Gasteiger partial charge in [-0.15, -0.1) is 0 Å². The third-order valence-electron chi connectivity index (χ3n) is 13.1. The lowest BCUT2D eigenvalue weighted by atomic mass is 9.91. The Balaban J connectivity index is 0.955.